The van der Waals surface area contributed by atoms with E-state index in [1.54, 1.807) is 0 Å². The van der Waals surface area contributed by atoms with Crippen molar-refractivity contribution in [3.63, 3.8) is 0 Å². The van der Waals surface area contributed by atoms with Gasteiger partial charge in [-0.1, -0.05) is 6.42 Å². The maximum Gasteiger partial charge on any atom is 0.305 e. The van der Waals surface area contributed by atoms with Crippen molar-refractivity contribution in [2.75, 3.05) is 13.1 Å². The monoisotopic (exact) mass is 184 g/mol. The van der Waals surface area contributed by atoms with Crippen molar-refractivity contribution in [2.24, 2.45) is 0 Å². The van der Waals surface area contributed by atoms with Gasteiger partial charge in [0.2, 0.25) is 0 Å². The largest absolute Gasteiger partial charge is 0.481 e. The Labute approximate surface area is 77.7 Å². The van der Waals surface area contributed by atoms with Crippen LogP contribution in [-0.4, -0.2) is 35.7 Å². The highest BCUT2D eigenvalue weighted by Crippen LogP contribution is 2.25. The molecule has 13 heavy (non-hydrogen) atoms. The van der Waals surface area contributed by atoms with Crippen molar-refractivity contribution in [2.45, 2.75) is 37.3 Å². The molecule has 1 saturated heterocycles. The molecule has 4 nitrogen and oxygen atoms in total. The fourth-order valence-electron chi connectivity index (χ4n) is 1.98. The highest BCUT2D eigenvalue weighted by molar-refractivity contribution is 5.68. The van der Waals surface area contributed by atoms with E-state index in [-0.39, 0.29) is 12.0 Å². The Hall–Kier alpha value is -0.610. The molecule has 1 heterocycles. The van der Waals surface area contributed by atoms with Crippen molar-refractivity contribution in [3.8, 4) is 0 Å². The molecule has 0 bridgehead atoms. The van der Waals surface area contributed by atoms with Crippen LogP contribution in [0.25, 0.3) is 0 Å². The lowest BCUT2D eigenvalue weighted by molar-refractivity contribution is -0.139. The van der Waals surface area contributed by atoms with Gasteiger partial charge in [-0.15, -0.1) is 0 Å². The maximum absolute atomic E-state index is 10.6. The van der Waals surface area contributed by atoms with Gasteiger partial charge < -0.3 is 15.7 Å². The van der Waals surface area contributed by atoms with Gasteiger partial charge in [-0.25, -0.2) is 0 Å². The predicted molar refractivity (Wildman–Crippen MR) is 48.6 cm³/mol. The summed E-state index contributed by atoms with van der Waals surface area (Å²) in [6, 6.07) is 0.571. The molecule has 1 aliphatic carbocycles. The minimum Gasteiger partial charge on any atom is -0.481 e. The number of rotatable bonds is 4. The van der Waals surface area contributed by atoms with E-state index in [9.17, 15) is 4.79 Å². The number of nitrogens with one attached hydrogen (secondary N) is 2. The number of carboxylic acid groups (broad SMARTS) is 1. The Morgan fingerprint density at radius 1 is 1.54 bits per heavy atom. The summed E-state index contributed by atoms with van der Waals surface area (Å²) in [5.41, 5.74) is -0.142. The summed E-state index contributed by atoms with van der Waals surface area (Å²) in [5.74, 6) is -0.701. The molecule has 0 aromatic heterocycles. The van der Waals surface area contributed by atoms with E-state index >= 15 is 0 Å². The van der Waals surface area contributed by atoms with Crippen LogP contribution in [0.1, 0.15) is 25.7 Å². The zero-order valence-electron chi connectivity index (χ0n) is 7.68. The minimum absolute atomic E-state index is 0.142. The predicted octanol–water partition coefficient (Wildman–Crippen LogP) is -0.0548. The van der Waals surface area contributed by atoms with Crippen molar-refractivity contribution in [1.29, 1.82) is 0 Å². The van der Waals surface area contributed by atoms with Crippen LogP contribution >= 0.6 is 0 Å². The Morgan fingerprint density at radius 3 is 2.54 bits per heavy atom. The summed E-state index contributed by atoms with van der Waals surface area (Å²) in [4.78, 5) is 10.6. The van der Waals surface area contributed by atoms with Gasteiger partial charge >= 0.3 is 5.97 Å². The van der Waals surface area contributed by atoms with Crippen LogP contribution in [0.2, 0.25) is 0 Å². The molecule has 1 aliphatic heterocycles. The molecule has 2 rings (SSSR count). The molecule has 2 aliphatic rings. The number of hydrogen-bond acceptors (Lipinski definition) is 3. The standard InChI is InChI=1S/C9H16N2O2/c12-8(13)4-9(5-10-6-9)11-7-2-1-3-7/h7,10-11H,1-6H2,(H,12,13). The molecule has 0 spiro atoms. The molecule has 0 radical (unpaired) electrons. The molecule has 0 atom stereocenters. The topological polar surface area (TPSA) is 61.4 Å². The molecule has 3 N–H and O–H groups in total. The third-order valence-corrected chi connectivity index (χ3v) is 3.03. The zero-order valence-corrected chi connectivity index (χ0v) is 7.68. The molecule has 74 valence electrons. The first-order valence-corrected chi connectivity index (χ1v) is 4.90. The van der Waals surface area contributed by atoms with Gasteiger partial charge in [-0.05, 0) is 12.8 Å². The number of hydrogen-bond donors (Lipinski definition) is 3. The van der Waals surface area contributed by atoms with Crippen molar-refractivity contribution < 1.29 is 9.90 Å². The van der Waals surface area contributed by atoms with E-state index in [0.29, 0.717) is 6.04 Å². The number of carbonyl (C=O) groups is 1. The third-order valence-electron chi connectivity index (χ3n) is 3.03. The molecule has 1 saturated carbocycles. The summed E-state index contributed by atoms with van der Waals surface area (Å²) < 4.78 is 0. The van der Waals surface area contributed by atoms with Crippen molar-refractivity contribution in [1.82, 2.24) is 10.6 Å². The van der Waals surface area contributed by atoms with E-state index < -0.39 is 5.97 Å². The lowest BCUT2D eigenvalue weighted by atomic mass is 9.83. The van der Waals surface area contributed by atoms with Crippen LogP contribution in [0.15, 0.2) is 0 Å². The van der Waals surface area contributed by atoms with Gasteiger partial charge in [0, 0.05) is 19.1 Å². The Bertz CT molecular complexity index is 210. The second-order valence-electron chi connectivity index (χ2n) is 4.23. The Balaban J connectivity index is 1.86. The van der Waals surface area contributed by atoms with Crippen LogP contribution in [0.4, 0.5) is 0 Å². The first-order valence-electron chi connectivity index (χ1n) is 4.90. The molecular formula is C9H16N2O2. The first-order chi connectivity index (χ1) is 6.20. The van der Waals surface area contributed by atoms with Gasteiger partial charge in [0.1, 0.15) is 0 Å². The van der Waals surface area contributed by atoms with Crippen LogP contribution in [-0.2, 0) is 4.79 Å². The van der Waals surface area contributed by atoms with E-state index in [1.165, 1.54) is 19.3 Å². The van der Waals surface area contributed by atoms with Crippen LogP contribution in [0.3, 0.4) is 0 Å². The van der Waals surface area contributed by atoms with Gasteiger partial charge in [-0.3, -0.25) is 4.79 Å². The zero-order chi connectivity index (χ0) is 9.31. The minimum atomic E-state index is -0.701. The van der Waals surface area contributed by atoms with Crippen LogP contribution < -0.4 is 10.6 Å². The molecule has 0 aromatic rings. The first kappa shape index (κ1) is 8.97. The second kappa shape index (κ2) is 3.27. The highest BCUT2D eigenvalue weighted by atomic mass is 16.4. The summed E-state index contributed by atoms with van der Waals surface area (Å²) in [6.07, 6.45) is 3.95. The Morgan fingerprint density at radius 2 is 2.23 bits per heavy atom. The van der Waals surface area contributed by atoms with E-state index in [2.05, 4.69) is 10.6 Å². The van der Waals surface area contributed by atoms with Crippen LogP contribution in [0.5, 0.6) is 0 Å². The summed E-state index contributed by atoms with van der Waals surface area (Å²) in [6.45, 7) is 1.60. The molecule has 4 heteroatoms. The fraction of sp³-hybridized carbons (Fsp3) is 0.889. The van der Waals surface area contributed by atoms with E-state index in [0.717, 1.165) is 13.1 Å². The molecular weight excluding hydrogens is 168 g/mol. The molecule has 0 aromatic carbocycles. The average Bonchev–Trinajstić information content (AvgIpc) is 1.90. The van der Waals surface area contributed by atoms with Gasteiger partial charge in [0.15, 0.2) is 0 Å². The SMILES string of the molecule is O=C(O)CC1(NC2CCC2)CNC1. The lowest BCUT2D eigenvalue weighted by Gasteiger charge is -2.47. The quantitative estimate of drug-likeness (QED) is 0.573. The molecule has 0 unspecified atom stereocenters. The molecule has 2 fully saturated rings. The summed E-state index contributed by atoms with van der Waals surface area (Å²) >= 11 is 0. The fourth-order valence-corrected chi connectivity index (χ4v) is 1.98. The highest BCUT2D eigenvalue weighted by Gasteiger charge is 2.41. The smallest absolute Gasteiger partial charge is 0.305 e. The number of carboxylic acids is 1. The van der Waals surface area contributed by atoms with E-state index in [4.69, 9.17) is 5.11 Å². The molecule has 0 amide bonds. The van der Waals surface area contributed by atoms with Crippen molar-refractivity contribution >= 4 is 5.97 Å². The Kier molecular flexibility index (Phi) is 2.26. The lowest BCUT2D eigenvalue weighted by Crippen LogP contribution is -2.71. The normalized spacial score (nSPS) is 26.2. The summed E-state index contributed by atoms with van der Waals surface area (Å²) in [7, 11) is 0. The average molecular weight is 184 g/mol. The van der Waals surface area contributed by atoms with Gasteiger partial charge in [0.05, 0.1) is 12.0 Å². The van der Waals surface area contributed by atoms with Crippen LogP contribution in [0, 0.1) is 0 Å². The van der Waals surface area contributed by atoms with Gasteiger partial charge in [0.25, 0.3) is 0 Å². The maximum atomic E-state index is 10.6. The summed E-state index contributed by atoms with van der Waals surface area (Å²) in [5, 5.41) is 15.3. The second-order valence-corrected chi connectivity index (χ2v) is 4.23. The third kappa shape index (κ3) is 1.84. The van der Waals surface area contributed by atoms with Gasteiger partial charge in [-0.2, -0.15) is 0 Å². The van der Waals surface area contributed by atoms with Crippen molar-refractivity contribution in [3.05, 3.63) is 0 Å². The van der Waals surface area contributed by atoms with E-state index in [1.807, 2.05) is 0 Å². The number of aliphatic carboxylic acids is 1.